The molecule has 0 aromatic carbocycles. The number of pyridine rings is 1. The molecule has 0 aliphatic heterocycles. The van der Waals surface area contributed by atoms with Crippen LogP contribution in [-0.4, -0.2) is 25.8 Å². The van der Waals surface area contributed by atoms with Crippen LogP contribution >= 0.6 is 0 Å². The molecule has 7 nitrogen and oxygen atoms in total. The lowest BCUT2D eigenvalue weighted by Gasteiger charge is -2.09. The second-order valence-corrected chi connectivity index (χ2v) is 7.38. The van der Waals surface area contributed by atoms with E-state index in [1.807, 2.05) is 24.6 Å². The smallest absolute Gasteiger partial charge is 0.256 e. The Morgan fingerprint density at radius 1 is 1.30 bits per heavy atom. The summed E-state index contributed by atoms with van der Waals surface area (Å²) in [5.41, 5.74) is 4.57. The van der Waals surface area contributed by atoms with Gasteiger partial charge in [-0.1, -0.05) is 18.5 Å². The number of hydrogen-bond acceptors (Lipinski definition) is 5. The SMILES string of the molecule is CCCCn1nc(C)c2c(C(=O)Nc3c(C)noc3C)cc(C3CC3)nc21. The quantitative estimate of drug-likeness (QED) is 0.703. The third-order valence-electron chi connectivity index (χ3n) is 5.13. The van der Waals surface area contributed by atoms with E-state index >= 15 is 0 Å². The predicted molar refractivity (Wildman–Crippen MR) is 103 cm³/mol. The van der Waals surface area contributed by atoms with Crippen LogP contribution in [0.25, 0.3) is 11.0 Å². The maximum absolute atomic E-state index is 13.2. The molecule has 1 N–H and O–H groups in total. The molecule has 7 heteroatoms. The first kappa shape index (κ1) is 17.7. The number of hydrogen-bond donors (Lipinski definition) is 1. The number of carbonyl (C=O) groups is 1. The largest absolute Gasteiger partial charge is 0.359 e. The highest BCUT2D eigenvalue weighted by molar-refractivity contribution is 6.13. The average Bonchev–Trinajstić information content (AvgIpc) is 3.40. The summed E-state index contributed by atoms with van der Waals surface area (Å²) < 4.78 is 7.12. The monoisotopic (exact) mass is 367 g/mol. The Morgan fingerprint density at radius 2 is 2.07 bits per heavy atom. The third-order valence-corrected chi connectivity index (χ3v) is 5.13. The second-order valence-electron chi connectivity index (χ2n) is 7.38. The van der Waals surface area contributed by atoms with Gasteiger partial charge in [0.1, 0.15) is 11.4 Å². The predicted octanol–water partition coefficient (Wildman–Crippen LogP) is 4.27. The number of amides is 1. The minimum atomic E-state index is -0.170. The number of anilines is 1. The van der Waals surface area contributed by atoms with Crippen molar-refractivity contribution in [1.82, 2.24) is 19.9 Å². The topological polar surface area (TPSA) is 85.8 Å². The standard InChI is InChI=1S/C20H25N5O2/c1-5-6-9-25-19-17(11(2)23-25)15(10-16(21-19)14-7-8-14)20(26)22-18-12(3)24-27-13(18)4/h10,14H,5-9H2,1-4H3,(H,22,26). The number of rotatable bonds is 6. The Morgan fingerprint density at radius 3 is 2.70 bits per heavy atom. The summed E-state index contributed by atoms with van der Waals surface area (Å²) in [4.78, 5) is 18.0. The molecule has 0 atom stereocenters. The van der Waals surface area contributed by atoms with Gasteiger partial charge in [-0.15, -0.1) is 0 Å². The lowest BCUT2D eigenvalue weighted by atomic mass is 10.1. The summed E-state index contributed by atoms with van der Waals surface area (Å²) in [6.07, 6.45) is 4.38. The number of nitrogens with one attached hydrogen (secondary N) is 1. The molecule has 0 spiro atoms. The summed E-state index contributed by atoms with van der Waals surface area (Å²) >= 11 is 0. The van der Waals surface area contributed by atoms with Gasteiger partial charge in [0.15, 0.2) is 11.4 Å². The summed E-state index contributed by atoms with van der Waals surface area (Å²) in [5, 5.41) is 12.4. The Bertz CT molecular complexity index is 994. The van der Waals surface area contributed by atoms with E-state index in [4.69, 9.17) is 9.51 Å². The number of aryl methyl sites for hydroxylation is 4. The van der Waals surface area contributed by atoms with Gasteiger partial charge in [-0.05, 0) is 46.1 Å². The van der Waals surface area contributed by atoms with Gasteiger partial charge in [-0.3, -0.25) is 4.79 Å². The van der Waals surface area contributed by atoms with E-state index in [1.54, 1.807) is 6.92 Å². The van der Waals surface area contributed by atoms with E-state index < -0.39 is 0 Å². The van der Waals surface area contributed by atoms with E-state index in [-0.39, 0.29) is 5.91 Å². The van der Waals surface area contributed by atoms with Crippen LogP contribution in [0.3, 0.4) is 0 Å². The van der Waals surface area contributed by atoms with Crippen LogP contribution in [0.2, 0.25) is 0 Å². The first-order valence-corrected chi connectivity index (χ1v) is 9.61. The summed E-state index contributed by atoms with van der Waals surface area (Å²) in [6, 6.07) is 1.94. The maximum Gasteiger partial charge on any atom is 0.256 e. The zero-order valence-electron chi connectivity index (χ0n) is 16.3. The fourth-order valence-corrected chi connectivity index (χ4v) is 3.45. The van der Waals surface area contributed by atoms with Crippen molar-refractivity contribution in [3.63, 3.8) is 0 Å². The highest BCUT2D eigenvalue weighted by Crippen LogP contribution is 2.40. The molecule has 1 aliphatic rings. The van der Waals surface area contributed by atoms with E-state index in [1.165, 1.54) is 0 Å². The fraction of sp³-hybridized carbons (Fsp3) is 0.500. The highest BCUT2D eigenvalue weighted by atomic mass is 16.5. The summed E-state index contributed by atoms with van der Waals surface area (Å²) in [7, 11) is 0. The van der Waals surface area contributed by atoms with Crippen molar-refractivity contribution in [3.8, 4) is 0 Å². The maximum atomic E-state index is 13.2. The van der Waals surface area contributed by atoms with E-state index in [2.05, 4.69) is 22.5 Å². The van der Waals surface area contributed by atoms with Crippen LogP contribution in [0.15, 0.2) is 10.6 Å². The molecule has 142 valence electrons. The summed E-state index contributed by atoms with van der Waals surface area (Å²) in [5.74, 6) is 0.885. The van der Waals surface area contributed by atoms with Crippen LogP contribution in [0.5, 0.6) is 0 Å². The van der Waals surface area contributed by atoms with E-state index in [9.17, 15) is 4.79 Å². The second kappa shape index (κ2) is 6.79. The van der Waals surface area contributed by atoms with Crippen molar-refractivity contribution in [1.29, 1.82) is 0 Å². The number of unbranched alkanes of at least 4 members (excludes halogenated alkanes) is 1. The molecule has 3 heterocycles. The van der Waals surface area contributed by atoms with Gasteiger partial charge in [0.05, 0.1) is 16.6 Å². The van der Waals surface area contributed by atoms with E-state index in [0.717, 1.165) is 54.6 Å². The molecule has 1 fully saturated rings. The Kier molecular flexibility index (Phi) is 4.45. The molecule has 3 aromatic heterocycles. The van der Waals surface area contributed by atoms with E-state index in [0.29, 0.717) is 28.6 Å². The first-order valence-electron chi connectivity index (χ1n) is 9.61. The molecule has 0 radical (unpaired) electrons. The van der Waals surface area contributed by atoms with Gasteiger partial charge in [0.2, 0.25) is 0 Å². The number of carbonyl (C=O) groups excluding carboxylic acids is 1. The molecule has 1 saturated carbocycles. The van der Waals surface area contributed by atoms with Gasteiger partial charge in [-0.2, -0.15) is 5.10 Å². The molecule has 0 bridgehead atoms. The molecule has 4 rings (SSSR count). The Labute approximate surface area is 158 Å². The molecule has 3 aromatic rings. The van der Waals surface area contributed by atoms with Gasteiger partial charge in [-0.25, -0.2) is 9.67 Å². The molecule has 1 aliphatic carbocycles. The van der Waals surface area contributed by atoms with Crippen LogP contribution in [0.4, 0.5) is 5.69 Å². The molecule has 1 amide bonds. The van der Waals surface area contributed by atoms with Gasteiger partial charge < -0.3 is 9.84 Å². The van der Waals surface area contributed by atoms with Crippen molar-refractivity contribution in [2.45, 2.75) is 65.8 Å². The Balaban J connectivity index is 1.80. The average molecular weight is 367 g/mol. The van der Waals surface area contributed by atoms with Crippen molar-refractivity contribution < 1.29 is 9.32 Å². The van der Waals surface area contributed by atoms with Gasteiger partial charge in [0.25, 0.3) is 5.91 Å². The molecular formula is C20H25N5O2. The summed E-state index contributed by atoms with van der Waals surface area (Å²) in [6.45, 7) is 8.52. The molecule has 27 heavy (non-hydrogen) atoms. The van der Waals surface area contributed by atoms with Crippen LogP contribution in [-0.2, 0) is 6.54 Å². The Hall–Kier alpha value is -2.70. The van der Waals surface area contributed by atoms with Crippen molar-refractivity contribution in [2.75, 3.05) is 5.32 Å². The fourth-order valence-electron chi connectivity index (χ4n) is 3.45. The normalized spacial score (nSPS) is 14.1. The van der Waals surface area contributed by atoms with Crippen LogP contribution < -0.4 is 5.32 Å². The zero-order chi connectivity index (χ0) is 19.1. The highest BCUT2D eigenvalue weighted by Gasteiger charge is 2.29. The number of nitrogens with zero attached hydrogens (tertiary/aromatic N) is 4. The molecule has 0 saturated heterocycles. The van der Waals surface area contributed by atoms with Crippen molar-refractivity contribution in [3.05, 3.63) is 34.5 Å². The van der Waals surface area contributed by atoms with Crippen molar-refractivity contribution >= 4 is 22.6 Å². The van der Waals surface area contributed by atoms with Gasteiger partial charge >= 0.3 is 0 Å². The molecular weight excluding hydrogens is 342 g/mol. The first-order chi connectivity index (χ1) is 13.0. The van der Waals surface area contributed by atoms with Crippen molar-refractivity contribution in [2.24, 2.45) is 0 Å². The lowest BCUT2D eigenvalue weighted by Crippen LogP contribution is -2.14. The lowest BCUT2D eigenvalue weighted by molar-refractivity contribution is 0.102. The minimum absolute atomic E-state index is 0.170. The minimum Gasteiger partial charge on any atom is -0.359 e. The van der Waals surface area contributed by atoms with Crippen LogP contribution in [0, 0.1) is 20.8 Å². The number of aromatic nitrogens is 4. The zero-order valence-corrected chi connectivity index (χ0v) is 16.3. The van der Waals surface area contributed by atoms with Crippen LogP contribution in [0.1, 0.15) is 71.7 Å². The number of fused-ring (bicyclic) bond motifs is 1. The van der Waals surface area contributed by atoms with Gasteiger partial charge in [0, 0.05) is 18.2 Å². The molecule has 0 unspecified atom stereocenters. The third kappa shape index (κ3) is 3.22.